The van der Waals surface area contributed by atoms with Gasteiger partial charge in [0.1, 0.15) is 0 Å². The summed E-state index contributed by atoms with van der Waals surface area (Å²) in [6, 6.07) is 0. The van der Waals surface area contributed by atoms with Gasteiger partial charge in [-0.2, -0.15) is 14.0 Å². The Labute approximate surface area is 76.4 Å². The molecule has 0 saturated heterocycles. The normalized spacial score (nSPS) is 10.0. The van der Waals surface area contributed by atoms with Gasteiger partial charge < -0.3 is 2.85 Å². The van der Waals surface area contributed by atoms with E-state index in [4.69, 9.17) is 18.6 Å². The van der Waals surface area contributed by atoms with Crippen LogP contribution in [0.25, 0.3) is 0 Å². The first-order chi connectivity index (χ1) is 2.00. The molecule has 1 N–H and O–H groups in total. The minimum absolute atomic E-state index is 0. The van der Waals surface area contributed by atoms with E-state index in [1.165, 1.54) is 0 Å². The molecule has 0 spiro atoms. The average Bonchev–Trinajstić information content (AvgIpc) is 0.722. The Kier molecular flexibility index (Phi) is 6.33. The molecule has 0 aromatic carbocycles. The first-order valence-corrected chi connectivity index (χ1v) is 1.90. The van der Waals surface area contributed by atoms with E-state index < -0.39 is 10.2 Å². The molecule has 0 aromatic rings. The Bertz CT molecular complexity index is 29.5. The molecule has 0 bridgehead atoms. The van der Waals surface area contributed by atoms with Crippen molar-refractivity contribution in [3.8, 4) is 0 Å². The monoisotopic (exact) mass is 190 g/mol. The Morgan fingerprint density at radius 1 is 1.33 bits per heavy atom. The fraction of sp³-hybridized carbons (Fsp3) is 0. The second-order valence-electron chi connectivity index (χ2n) is 0.396. The van der Waals surface area contributed by atoms with E-state index in [1.807, 2.05) is 0 Å². The third kappa shape index (κ3) is 46.0. The quantitative estimate of drug-likeness (QED) is 0.391. The van der Waals surface area contributed by atoms with E-state index in [-0.39, 0.29) is 48.3 Å². The molecule has 6 heteroatoms. The number of hydrogen-bond donors (Lipinski definition) is 1. The smallest absolute Gasteiger partial charge is 1.00 e. The first kappa shape index (κ1) is 10.6. The number of hydrogen-bond acceptors (Lipinski definition) is 4. The zero-order valence-corrected chi connectivity index (χ0v) is 6.99. The Morgan fingerprint density at radius 3 is 1.33 bits per heavy atom. The van der Waals surface area contributed by atoms with Crippen molar-refractivity contribution < 1.29 is 31.7 Å². The summed E-state index contributed by atoms with van der Waals surface area (Å²) in [5.74, 6) is 0. The summed E-state index contributed by atoms with van der Waals surface area (Å²) in [7, 11) is -4.69. The maximum absolute atomic E-state index is 8.60. The van der Waals surface area contributed by atoms with Crippen LogP contribution < -0.4 is 14.0 Å². The summed E-state index contributed by atoms with van der Waals surface area (Å²) in [6.45, 7) is 0. The maximum atomic E-state index is 8.60. The summed E-state index contributed by atoms with van der Waals surface area (Å²) in [4.78, 5) is 0. The summed E-state index contributed by atoms with van der Waals surface area (Å²) in [5, 5.41) is 0. The Morgan fingerprint density at radius 2 is 1.33 bits per heavy atom. The third-order valence-corrected chi connectivity index (χ3v) is 0. The summed E-state index contributed by atoms with van der Waals surface area (Å²) >= 11 is 0. The van der Waals surface area contributed by atoms with Crippen LogP contribution in [-0.2, 0) is 0 Å². The van der Waals surface area contributed by atoms with Crippen molar-refractivity contribution in [1.29, 1.82) is 0 Å². The molecule has 0 aromatic heterocycles. The van der Waals surface area contributed by atoms with Crippen molar-refractivity contribution in [2.75, 3.05) is 0 Å². The Balaban J connectivity index is -0.0000000267. The van der Waals surface area contributed by atoms with E-state index in [0.29, 0.717) is 0 Å². The molecule has 0 saturated carbocycles. The molecule has 6 heavy (non-hydrogen) atoms. The van der Waals surface area contributed by atoms with Crippen molar-refractivity contribution >= 4 is 45.5 Å². The molecule has 0 aliphatic heterocycles. The SMILES string of the molecule is [H-].[H-].[O-][Cl+3]([O-])([O-])O.[Sr+2]. The molecular formula is H3ClO4Sr. The van der Waals surface area contributed by atoms with Gasteiger partial charge in [-0.25, -0.2) is 0 Å². The Hall–Kier alpha value is 1.61. The first-order valence-electron chi connectivity index (χ1n) is 0.632. The van der Waals surface area contributed by atoms with Crippen LogP contribution in [0.3, 0.4) is 0 Å². The molecule has 0 fully saturated rings. The van der Waals surface area contributed by atoms with Gasteiger partial charge in [-0.3, -0.25) is 0 Å². The zero-order chi connectivity index (χ0) is 4.50. The molecule has 0 heterocycles. The zero-order valence-electron chi connectivity index (χ0n) is 4.76. The molecule has 0 aliphatic rings. The van der Waals surface area contributed by atoms with Crippen LogP contribution in [0.5, 0.6) is 0 Å². The molecule has 0 unspecified atom stereocenters. The second kappa shape index (κ2) is 3.59. The van der Waals surface area contributed by atoms with E-state index in [2.05, 4.69) is 0 Å². The number of rotatable bonds is 0. The minimum atomic E-state index is -4.69. The second-order valence-corrected chi connectivity index (χ2v) is 1.19. The molecule has 36 valence electrons. The van der Waals surface area contributed by atoms with Gasteiger partial charge in [-0.1, -0.05) is 0 Å². The molecule has 4 nitrogen and oxygen atoms in total. The van der Waals surface area contributed by atoms with Gasteiger partial charge in [0.15, 0.2) is 0 Å². The summed E-state index contributed by atoms with van der Waals surface area (Å²) < 4.78 is 32.7. The molecule has 0 amide bonds. The summed E-state index contributed by atoms with van der Waals surface area (Å²) in [6.07, 6.45) is 0. The van der Waals surface area contributed by atoms with Gasteiger partial charge in [0.2, 0.25) is 0 Å². The third-order valence-electron chi connectivity index (χ3n) is 0. The van der Waals surface area contributed by atoms with Crippen LogP contribution in [-0.4, -0.2) is 50.1 Å². The van der Waals surface area contributed by atoms with E-state index in [9.17, 15) is 0 Å². The van der Waals surface area contributed by atoms with Gasteiger partial charge in [0, 0.05) is 0 Å². The van der Waals surface area contributed by atoms with Crippen molar-refractivity contribution in [2.24, 2.45) is 0 Å². The molecular weight excluding hydrogens is 187 g/mol. The van der Waals surface area contributed by atoms with Crippen molar-refractivity contribution in [1.82, 2.24) is 0 Å². The van der Waals surface area contributed by atoms with E-state index >= 15 is 0 Å². The van der Waals surface area contributed by atoms with Crippen LogP contribution in [0, 0.1) is 10.2 Å². The van der Waals surface area contributed by atoms with E-state index in [1.54, 1.807) is 0 Å². The van der Waals surface area contributed by atoms with Crippen molar-refractivity contribution in [3.63, 3.8) is 0 Å². The van der Waals surface area contributed by atoms with Crippen LogP contribution in [0.2, 0.25) is 0 Å². The molecule has 0 aliphatic carbocycles. The average molecular weight is 190 g/mol. The topological polar surface area (TPSA) is 89.4 Å². The van der Waals surface area contributed by atoms with Gasteiger partial charge in [-0.15, -0.1) is 0 Å². The predicted octanol–water partition coefficient (Wildman–Crippen LogP) is -4.28. The maximum Gasteiger partial charge on any atom is 2.00 e. The van der Waals surface area contributed by atoms with Crippen LogP contribution in [0.4, 0.5) is 0 Å². The number of halogens is 1. The fourth-order valence-corrected chi connectivity index (χ4v) is 0. The van der Waals surface area contributed by atoms with Crippen LogP contribution in [0.15, 0.2) is 0 Å². The largest absolute Gasteiger partial charge is 2.00 e. The summed E-state index contributed by atoms with van der Waals surface area (Å²) in [5.41, 5.74) is 0. The van der Waals surface area contributed by atoms with Gasteiger partial charge in [0.25, 0.3) is 0 Å². The standard InChI is InChI=1S/ClHO4.Sr.2H/c2-1(3,4)5;;;/h(H,2,3,4,5);;;/q;+2;2*-1. The van der Waals surface area contributed by atoms with Gasteiger partial charge >= 0.3 is 45.5 Å². The van der Waals surface area contributed by atoms with Crippen molar-refractivity contribution in [2.45, 2.75) is 0 Å². The van der Waals surface area contributed by atoms with E-state index in [0.717, 1.165) is 0 Å². The van der Waals surface area contributed by atoms with Crippen LogP contribution >= 0.6 is 0 Å². The molecule has 0 radical (unpaired) electrons. The fourth-order valence-electron chi connectivity index (χ4n) is 0. The van der Waals surface area contributed by atoms with Gasteiger partial charge in [-0.05, 0) is 0 Å². The predicted molar refractivity (Wildman–Crippen MR) is 10.2 cm³/mol. The van der Waals surface area contributed by atoms with Crippen LogP contribution in [0.1, 0.15) is 2.85 Å². The van der Waals surface area contributed by atoms with Crippen molar-refractivity contribution in [3.05, 3.63) is 0 Å². The minimum Gasteiger partial charge on any atom is -1.00 e. The molecule has 0 atom stereocenters. The van der Waals surface area contributed by atoms with Gasteiger partial charge in [0.05, 0.1) is 14.9 Å². The molecule has 0 rings (SSSR count).